The van der Waals surface area contributed by atoms with Crippen molar-refractivity contribution in [3.63, 3.8) is 0 Å². The summed E-state index contributed by atoms with van der Waals surface area (Å²) in [4.78, 5) is 14.1. The smallest absolute Gasteiger partial charge is 0.223 e. The molecule has 0 radical (unpaired) electrons. The van der Waals surface area contributed by atoms with Gasteiger partial charge in [0.05, 0.1) is 18.2 Å². The Morgan fingerprint density at radius 2 is 2.04 bits per heavy atom. The van der Waals surface area contributed by atoms with Crippen molar-refractivity contribution in [3.05, 3.63) is 78.1 Å². The van der Waals surface area contributed by atoms with E-state index < -0.39 is 0 Å². The summed E-state index contributed by atoms with van der Waals surface area (Å²) >= 11 is 0. The largest absolute Gasteiger partial charge is 0.493 e. The molecule has 0 aliphatic carbocycles. The van der Waals surface area contributed by atoms with E-state index in [0.717, 1.165) is 5.56 Å². The SMILES string of the molecule is C=CCN(Cc1ccc(C#N)cc1)C(=O)CCCOc1cccc(F)c1. The molecule has 0 bridgehead atoms. The van der Waals surface area contributed by atoms with Crippen LogP contribution in [-0.2, 0) is 11.3 Å². The molecule has 0 aliphatic heterocycles. The Morgan fingerprint density at radius 1 is 1.27 bits per heavy atom. The zero-order chi connectivity index (χ0) is 18.8. The van der Waals surface area contributed by atoms with Crippen LogP contribution in [0.4, 0.5) is 4.39 Å². The molecule has 0 atom stereocenters. The van der Waals surface area contributed by atoms with Gasteiger partial charge in [-0.2, -0.15) is 5.26 Å². The molecule has 0 aromatic heterocycles. The van der Waals surface area contributed by atoms with E-state index in [9.17, 15) is 9.18 Å². The maximum atomic E-state index is 13.1. The highest BCUT2D eigenvalue weighted by Crippen LogP contribution is 2.13. The normalized spacial score (nSPS) is 10.0. The van der Waals surface area contributed by atoms with Crippen LogP contribution in [0, 0.1) is 17.1 Å². The van der Waals surface area contributed by atoms with Crippen LogP contribution in [0.25, 0.3) is 0 Å². The minimum Gasteiger partial charge on any atom is -0.493 e. The van der Waals surface area contributed by atoms with Crippen molar-refractivity contribution in [3.8, 4) is 11.8 Å². The Labute approximate surface area is 153 Å². The Balaban J connectivity index is 1.83. The molecule has 0 saturated carbocycles. The predicted octanol–water partition coefficient (Wildman–Crippen LogP) is 4.07. The van der Waals surface area contributed by atoms with E-state index in [2.05, 4.69) is 12.6 Å². The first-order valence-electron chi connectivity index (χ1n) is 8.38. The summed E-state index contributed by atoms with van der Waals surface area (Å²) in [5.41, 5.74) is 1.54. The van der Waals surface area contributed by atoms with E-state index in [1.54, 1.807) is 35.2 Å². The third kappa shape index (κ3) is 6.06. The molecular weight excluding hydrogens is 331 g/mol. The van der Waals surface area contributed by atoms with Gasteiger partial charge in [0.25, 0.3) is 0 Å². The fourth-order valence-electron chi connectivity index (χ4n) is 2.44. The molecule has 2 aromatic rings. The lowest BCUT2D eigenvalue weighted by Crippen LogP contribution is -2.30. The van der Waals surface area contributed by atoms with Crippen LogP contribution in [0.5, 0.6) is 5.75 Å². The number of carbonyl (C=O) groups excluding carboxylic acids is 1. The second kappa shape index (κ2) is 10.00. The fraction of sp³-hybridized carbons (Fsp3) is 0.238. The van der Waals surface area contributed by atoms with E-state index in [4.69, 9.17) is 10.00 Å². The minimum absolute atomic E-state index is 0.00268. The molecule has 134 valence electrons. The van der Waals surface area contributed by atoms with Gasteiger partial charge in [-0.15, -0.1) is 6.58 Å². The van der Waals surface area contributed by atoms with Gasteiger partial charge < -0.3 is 9.64 Å². The van der Waals surface area contributed by atoms with Crippen molar-refractivity contribution in [2.45, 2.75) is 19.4 Å². The molecule has 0 saturated heterocycles. The number of ether oxygens (including phenoxy) is 1. The summed E-state index contributed by atoms with van der Waals surface area (Å²) in [6, 6.07) is 15.2. The Morgan fingerprint density at radius 3 is 2.69 bits per heavy atom. The number of amides is 1. The molecule has 0 aliphatic rings. The molecule has 4 nitrogen and oxygen atoms in total. The summed E-state index contributed by atoms with van der Waals surface area (Å²) in [6.45, 7) is 4.95. The third-order valence-electron chi connectivity index (χ3n) is 3.76. The number of halogens is 1. The summed E-state index contributed by atoms with van der Waals surface area (Å²) in [6.07, 6.45) is 2.56. The van der Waals surface area contributed by atoms with Crippen LogP contribution >= 0.6 is 0 Å². The quantitative estimate of drug-likeness (QED) is 0.505. The first-order valence-corrected chi connectivity index (χ1v) is 8.38. The highest BCUT2D eigenvalue weighted by molar-refractivity contribution is 5.76. The van der Waals surface area contributed by atoms with Crippen molar-refractivity contribution in [1.29, 1.82) is 5.26 Å². The maximum absolute atomic E-state index is 13.1. The highest BCUT2D eigenvalue weighted by atomic mass is 19.1. The first-order chi connectivity index (χ1) is 12.6. The topological polar surface area (TPSA) is 53.3 Å². The van der Waals surface area contributed by atoms with E-state index in [1.807, 2.05) is 12.1 Å². The van der Waals surface area contributed by atoms with Crippen molar-refractivity contribution >= 4 is 5.91 Å². The highest BCUT2D eigenvalue weighted by Gasteiger charge is 2.12. The van der Waals surface area contributed by atoms with E-state index in [1.165, 1.54) is 12.1 Å². The Hall–Kier alpha value is -3.13. The molecule has 5 heteroatoms. The maximum Gasteiger partial charge on any atom is 0.223 e. The van der Waals surface area contributed by atoms with Crippen molar-refractivity contribution in [2.75, 3.05) is 13.2 Å². The van der Waals surface area contributed by atoms with Gasteiger partial charge >= 0.3 is 0 Å². The third-order valence-corrected chi connectivity index (χ3v) is 3.76. The first kappa shape index (κ1) is 19.2. The van der Waals surface area contributed by atoms with E-state index in [-0.39, 0.29) is 11.7 Å². The standard InChI is InChI=1S/C21H21FN2O2/c1-2-12-24(16-18-10-8-17(15-23)9-11-18)21(25)7-4-13-26-20-6-3-5-19(22)14-20/h2-3,5-6,8-11,14H,1,4,7,12-13,16H2. The number of nitriles is 1. The molecule has 2 aromatic carbocycles. The second-order valence-corrected chi connectivity index (χ2v) is 5.78. The van der Waals surface area contributed by atoms with Crippen LogP contribution in [0.3, 0.4) is 0 Å². The summed E-state index contributed by atoms with van der Waals surface area (Å²) in [5, 5.41) is 8.84. The molecule has 2 rings (SSSR count). The monoisotopic (exact) mass is 352 g/mol. The second-order valence-electron chi connectivity index (χ2n) is 5.78. The summed E-state index contributed by atoms with van der Waals surface area (Å²) in [7, 11) is 0. The predicted molar refractivity (Wildman–Crippen MR) is 97.9 cm³/mol. The van der Waals surface area contributed by atoms with Crippen LogP contribution in [0.1, 0.15) is 24.0 Å². The molecule has 0 unspecified atom stereocenters. The van der Waals surface area contributed by atoms with Gasteiger partial charge in [0.15, 0.2) is 0 Å². The zero-order valence-corrected chi connectivity index (χ0v) is 14.5. The summed E-state index contributed by atoms with van der Waals surface area (Å²) in [5.74, 6) is 0.105. The zero-order valence-electron chi connectivity index (χ0n) is 14.5. The molecule has 0 heterocycles. The Bertz CT molecular complexity index is 781. The number of carbonyl (C=O) groups is 1. The van der Waals surface area contributed by atoms with Gasteiger partial charge in [-0.25, -0.2) is 4.39 Å². The lowest BCUT2D eigenvalue weighted by atomic mass is 10.1. The van der Waals surface area contributed by atoms with Crippen molar-refractivity contribution < 1.29 is 13.9 Å². The van der Waals surface area contributed by atoms with Gasteiger partial charge in [0, 0.05) is 25.6 Å². The minimum atomic E-state index is -0.349. The molecule has 0 N–H and O–H groups in total. The Kier molecular flexibility index (Phi) is 7.38. The van der Waals surface area contributed by atoms with E-state index >= 15 is 0 Å². The van der Waals surface area contributed by atoms with E-state index in [0.29, 0.717) is 43.9 Å². The average molecular weight is 352 g/mol. The molecule has 0 fully saturated rings. The van der Waals surface area contributed by atoms with Gasteiger partial charge in [-0.1, -0.05) is 24.3 Å². The molecule has 0 spiro atoms. The molecule has 1 amide bonds. The number of nitrogens with zero attached hydrogens (tertiary/aromatic N) is 2. The lowest BCUT2D eigenvalue weighted by Gasteiger charge is -2.21. The molecule has 26 heavy (non-hydrogen) atoms. The number of hydrogen-bond acceptors (Lipinski definition) is 3. The average Bonchev–Trinajstić information content (AvgIpc) is 2.65. The number of benzene rings is 2. The van der Waals surface area contributed by atoms with Gasteiger partial charge in [0.1, 0.15) is 11.6 Å². The van der Waals surface area contributed by atoms with Crippen LogP contribution in [0.15, 0.2) is 61.2 Å². The van der Waals surface area contributed by atoms with Crippen LogP contribution in [-0.4, -0.2) is 24.0 Å². The summed E-state index contributed by atoms with van der Waals surface area (Å²) < 4.78 is 18.5. The van der Waals surface area contributed by atoms with Crippen LogP contribution < -0.4 is 4.74 Å². The van der Waals surface area contributed by atoms with Crippen LogP contribution in [0.2, 0.25) is 0 Å². The van der Waals surface area contributed by atoms with Crippen molar-refractivity contribution in [2.24, 2.45) is 0 Å². The molecular formula is C21H21FN2O2. The fourth-order valence-corrected chi connectivity index (χ4v) is 2.44. The van der Waals surface area contributed by atoms with Crippen molar-refractivity contribution in [1.82, 2.24) is 4.90 Å². The number of hydrogen-bond donors (Lipinski definition) is 0. The van der Waals surface area contributed by atoms with Gasteiger partial charge in [-0.05, 0) is 36.2 Å². The lowest BCUT2D eigenvalue weighted by molar-refractivity contribution is -0.131. The van der Waals surface area contributed by atoms with Gasteiger partial charge in [0.2, 0.25) is 5.91 Å². The van der Waals surface area contributed by atoms with Gasteiger partial charge in [-0.3, -0.25) is 4.79 Å². The number of rotatable bonds is 9.